The van der Waals surface area contributed by atoms with Crippen LogP contribution in [-0.2, 0) is 9.59 Å². The minimum atomic E-state index is -0.759. The zero-order valence-electron chi connectivity index (χ0n) is 8.03. The summed E-state index contributed by atoms with van der Waals surface area (Å²) in [4.78, 5) is 21.8. The first-order chi connectivity index (χ1) is 6.63. The molecule has 0 heterocycles. The number of carbonyl (C=O) groups excluding carboxylic acids is 1. The van der Waals surface area contributed by atoms with Crippen molar-refractivity contribution in [2.24, 2.45) is 5.92 Å². The van der Waals surface area contributed by atoms with E-state index in [2.05, 4.69) is 11.9 Å². The Kier molecular flexibility index (Phi) is 3.68. The molecule has 1 saturated carbocycles. The number of carboxylic acids is 1. The van der Waals surface area contributed by atoms with Crippen LogP contribution in [0.5, 0.6) is 0 Å². The SMILES string of the molecule is C=CCC(=O)NC1CCC(C(=O)O)C1. The molecule has 0 radical (unpaired) electrons. The van der Waals surface area contributed by atoms with E-state index in [1.54, 1.807) is 6.08 Å². The molecule has 0 aromatic heterocycles. The van der Waals surface area contributed by atoms with Gasteiger partial charge in [0, 0.05) is 12.5 Å². The molecule has 2 unspecified atom stereocenters. The van der Waals surface area contributed by atoms with E-state index in [-0.39, 0.29) is 17.9 Å². The van der Waals surface area contributed by atoms with E-state index in [9.17, 15) is 9.59 Å². The highest BCUT2D eigenvalue weighted by Crippen LogP contribution is 2.25. The van der Waals surface area contributed by atoms with Gasteiger partial charge in [-0.2, -0.15) is 0 Å². The summed E-state index contributed by atoms with van der Waals surface area (Å²) in [5.74, 6) is -1.12. The molecule has 2 N–H and O–H groups in total. The van der Waals surface area contributed by atoms with Gasteiger partial charge in [-0.3, -0.25) is 9.59 Å². The summed E-state index contributed by atoms with van der Waals surface area (Å²) in [6.07, 6.45) is 3.82. The van der Waals surface area contributed by atoms with Crippen LogP contribution in [0.4, 0.5) is 0 Å². The van der Waals surface area contributed by atoms with Crippen LogP contribution >= 0.6 is 0 Å². The van der Waals surface area contributed by atoms with Gasteiger partial charge in [-0.15, -0.1) is 6.58 Å². The lowest BCUT2D eigenvalue weighted by Crippen LogP contribution is -2.32. The van der Waals surface area contributed by atoms with Gasteiger partial charge < -0.3 is 10.4 Å². The summed E-state index contributed by atoms with van der Waals surface area (Å²) in [5, 5.41) is 11.5. The van der Waals surface area contributed by atoms with Crippen molar-refractivity contribution < 1.29 is 14.7 Å². The van der Waals surface area contributed by atoms with E-state index in [4.69, 9.17) is 5.11 Å². The maximum Gasteiger partial charge on any atom is 0.306 e. The van der Waals surface area contributed by atoms with Crippen molar-refractivity contribution in [1.82, 2.24) is 5.32 Å². The van der Waals surface area contributed by atoms with Crippen LogP contribution in [0.15, 0.2) is 12.7 Å². The van der Waals surface area contributed by atoms with Gasteiger partial charge in [0.25, 0.3) is 0 Å². The van der Waals surface area contributed by atoms with E-state index in [1.165, 1.54) is 0 Å². The average Bonchev–Trinajstić information content (AvgIpc) is 2.53. The molecule has 1 fully saturated rings. The fourth-order valence-corrected chi connectivity index (χ4v) is 1.75. The molecule has 0 spiro atoms. The lowest BCUT2D eigenvalue weighted by Gasteiger charge is -2.10. The van der Waals surface area contributed by atoms with Crippen molar-refractivity contribution in [3.63, 3.8) is 0 Å². The summed E-state index contributed by atoms with van der Waals surface area (Å²) in [6.45, 7) is 3.46. The largest absolute Gasteiger partial charge is 0.481 e. The lowest BCUT2D eigenvalue weighted by atomic mass is 10.1. The first kappa shape index (κ1) is 10.8. The van der Waals surface area contributed by atoms with Crippen molar-refractivity contribution in [3.8, 4) is 0 Å². The van der Waals surface area contributed by atoms with Crippen LogP contribution < -0.4 is 5.32 Å². The molecule has 0 aromatic rings. The molecule has 2 atom stereocenters. The molecule has 4 nitrogen and oxygen atoms in total. The molecule has 14 heavy (non-hydrogen) atoms. The smallest absolute Gasteiger partial charge is 0.306 e. The van der Waals surface area contributed by atoms with Crippen molar-refractivity contribution in [3.05, 3.63) is 12.7 Å². The third-order valence-electron chi connectivity index (χ3n) is 2.48. The van der Waals surface area contributed by atoms with Gasteiger partial charge in [-0.25, -0.2) is 0 Å². The number of nitrogens with one attached hydrogen (secondary N) is 1. The Balaban J connectivity index is 2.32. The molecule has 1 aliphatic carbocycles. The quantitative estimate of drug-likeness (QED) is 0.659. The highest BCUT2D eigenvalue weighted by atomic mass is 16.4. The Morgan fingerprint density at radius 3 is 2.71 bits per heavy atom. The molecular weight excluding hydrogens is 182 g/mol. The van der Waals surface area contributed by atoms with E-state index in [0.717, 1.165) is 6.42 Å². The normalized spacial score (nSPS) is 25.7. The molecule has 4 heteroatoms. The third kappa shape index (κ3) is 2.87. The van der Waals surface area contributed by atoms with Gasteiger partial charge in [-0.05, 0) is 19.3 Å². The monoisotopic (exact) mass is 197 g/mol. The number of carboxylic acid groups (broad SMARTS) is 1. The summed E-state index contributed by atoms with van der Waals surface area (Å²) in [7, 11) is 0. The zero-order chi connectivity index (χ0) is 10.6. The highest BCUT2D eigenvalue weighted by molar-refractivity contribution is 5.78. The molecular formula is C10H15NO3. The fourth-order valence-electron chi connectivity index (χ4n) is 1.75. The van der Waals surface area contributed by atoms with Crippen LogP contribution in [-0.4, -0.2) is 23.0 Å². The van der Waals surface area contributed by atoms with Crippen molar-refractivity contribution in [1.29, 1.82) is 0 Å². The maximum absolute atomic E-state index is 11.1. The third-order valence-corrected chi connectivity index (χ3v) is 2.48. The van der Waals surface area contributed by atoms with Gasteiger partial charge in [0.05, 0.1) is 5.92 Å². The van der Waals surface area contributed by atoms with E-state index in [0.29, 0.717) is 19.3 Å². The second-order valence-corrected chi connectivity index (χ2v) is 3.61. The molecule has 1 rings (SSSR count). The number of aliphatic carboxylic acids is 1. The summed E-state index contributed by atoms with van der Waals surface area (Å²) in [5.41, 5.74) is 0. The first-order valence-electron chi connectivity index (χ1n) is 4.76. The van der Waals surface area contributed by atoms with Crippen molar-refractivity contribution in [2.75, 3.05) is 0 Å². The molecule has 0 aliphatic heterocycles. The van der Waals surface area contributed by atoms with Crippen LogP contribution in [0.1, 0.15) is 25.7 Å². The van der Waals surface area contributed by atoms with Gasteiger partial charge >= 0.3 is 5.97 Å². The molecule has 0 saturated heterocycles. The Morgan fingerprint density at radius 2 is 2.21 bits per heavy atom. The van der Waals surface area contributed by atoms with Crippen LogP contribution in [0, 0.1) is 5.92 Å². The van der Waals surface area contributed by atoms with Crippen molar-refractivity contribution in [2.45, 2.75) is 31.7 Å². The molecule has 1 aliphatic rings. The van der Waals surface area contributed by atoms with E-state index < -0.39 is 5.97 Å². The predicted octanol–water partition coefficient (Wildman–Crippen LogP) is 0.932. The number of amides is 1. The van der Waals surface area contributed by atoms with Crippen LogP contribution in [0.3, 0.4) is 0 Å². The average molecular weight is 197 g/mol. The number of rotatable bonds is 4. The Hall–Kier alpha value is -1.32. The van der Waals surface area contributed by atoms with Crippen LogP contribution in [0.2, 0.25) is 0 Å². The Bertz CT molecular complexity index is 250. The second-order valence-electron chi connectivity index (χ2n) is 3.61. The summed E-state index contributed by atoms with van der Waals surface area (Å²) < 4.78 is 0. The molecule has 1 amide bonds. The first-order valence-corrected chi connectivity index (χ1v) is 4.76. The fraction of sp³-hybridized carbons (Fsp3) is 0.600. The minimum Gasteiger partial charge on any atom is -0.481 e. The number of hydrogen-bond acceptors (Lipinski definition) is 2. The Labute approximate surface area is 83.0 Å². The minimum absolute atomic E-state index is 0.0311. The Morgan fingerprint density at radius 1 is 1.50 bits per heavy atom. The maximum atomic E-state index is 11.1. The number of hydrogen-bond donors (Lipinski definition) is 2. The molecule has 78 valence electrons. The van der Waals surface area contributed by atoms with Crippen LogP contribution in [0.25, 0.3) is 0 Å². The standard InChI is InChI=1S/C10H15NO3/c1-2-3-9(12)11-8-5-4-7(6-8)10(13)14/h2,7-8H,1,3-6H2,(H,11,12)(H,13,14). The van der Waals surface area contributed by atoms with Gasteiger partial charge in [0.1, 0.15) is 0 Å². The second kappa shape index (κ2) is 4.79. The topological polar surface area (TPSA) is 66.4 Å². The van der Waals surface area contributed by atoms with Gasteiger partial charge in [-0.1, -0.05) is 6.08 Å². The number of carbonyl (C=O) groups is 2. The van der Waals surface area contributed by atoms with Gasteiger partial charge in [0.15, 0.2) is 0 Å². The van der Waals surface area contributed by atoms with E-state index >= 15 is 0 Å². The molecule has 0 bridgehead atoms. The van der Waals surface area contributed by atoms with Gasteiger partial charge in [0.2, 0.25) is 5.91 Å². The zero-order valence-corrected chi connectivity index (χ0v) is 8.03. The summed E-state index contributed by atoms with van der Waals surface area (Å²) in [6, 6.07) is 0.0311. The summed E-state index contributed by atoms with van der Waals surface area (Å²) >= 11 is 0. The predicted molar refractivity (Wildman–Crippen MR) is 51.7 cm³/mol. The van der Waals surface area contributed by atoms with E-state index in [1.807, 2.05) is 0 Å². The molecule has 0 aromatic carbocycles. The highest BCUT2D eigenvalue weighted by Gasteiger charge is 2.30. The lowest BCUT2D eigenvalue weighted by molar-refractivity contribution is -0.141. The van der Waals surface area contributed by atoms with Crippen molar-refractivity contribution >= 4 is 11.9 Å².